The summed E-state index contributed by atoms with van der Waals surface area (Å²) in [6.07, 6.45) is 0. The van der Waals surface area contributed by atoms with E-state index in [9.17, 15) is 9.59 Å². The van der Waals surface area contributed by atoms with Crippen molar-refractivity contribution in [3.05, 3.63) is 51.2 Å². The second-order valence-electron chi connectivity index (χ2n) is 3.74. The monoisotopic (exact) mass is 310 g/mol. The maximum atomic E-state index is 11.9. The normalized spacial score (nSPS) is 9.90. The summed E-state index contributed by atoms with van der Waals surface area (Å²) < 4.78 is 4.64. The molecular formula is C13H11ClN2O3S. The molecule has 5 nitrogen and oxygen atoms in total. The van der Waals surface area contributed by atoms with Crippen molar-refractivity contribution in [3.63, 3.8) is 0 Å². The molecule has 0 saturated carbocycles. The van der Waals surface area contributed by atoms with Crippen LogP contribution in [0.25, 0.3) is 0 Å². The Morgan fingerprint density at radius 3 is 2.55 bits per heavy atom. The summed E-state index contributed by atoms with van der Waals surface area (Å²) in [7, 11) is 1.30. The minimum absolute atomic E-state index is 0.330. The SMILES string of the molecule is COC(=O)c1sccc1NNC(=O)c1ccc(Cl)cc1. The lowest BCUT2D eigenvalue weighted by Gasteiger charge is -2.08. The van der Waals surface area contributed by atoms with Crippen LogP contribution in [-0.2, 0) is 4.74 Å². The quantitative estimate of drug-likeness (QED) is 0.673. The van der Waals surface area contributed by atoms with Gasteiger partial charge >= 0.3 is 5.97 Å². The summed E-state index contributed by atoms with van der Waals surface area (Å²) in [4.78, 5) is 23.7. The molecule has 0 radical (unpaired) electrons. The van der Waals surface area contributed by atoms with Gasteiger partial charge < -0.3 is 4.74 Å². The molecule has 0 saturated heterocycles. The van der Waals surface area contributed by atoms with E-state index in [0.29, 0.717) is 21.2 Å². The predicted molar refractivity (Wildman–Crippen MR) is 78.2 cm³/mol. The molecule has 1 heterocycles. The second kappa shape index (κ2) is 6.40. The highest BCUT2D eigenvalue weighted by molar-refractivity contribution is 7.12. The number of benzene rings is 1. The highest BCUT2D eigenvalue weighted by Gasteiger charge is 2.14. The number of anilines is 1. The van der Waals surface area contributed by atoms with Crippen molar-refractivity contribution in [3.8, 4) is 0 Å². The fourth-order valence-corrected chi connectivity index (χ4v) is 2.35. The molecule has 2 N–H and O–H groups in total. The molecule has 0 aliphatic rings. The van der Waals surface area contributed by atoms with E-state index in [1.54, 1.807) is 35.7 Å². The number of hydrogen-bond acceptors (Lipinski definition) is 5. The minimum Gasteiger partial charge on any atom is -0.465 e. The van der Waals surface area contributed by atoms with Gasteiger partial charge in [-0.25, -0.2) is 4.79 Å². The van der Waals surface area contributed by atoms with Crippen LogP contribution >= 0.6 is 22.9 Å². The van der Waals surface area contributed by atoms with Gasteiger partial charge in [0, 0.05) is 10.6 Å². The van der Waals surface area contributed by atoms with Crippen molar-refractivity contribution in [1.82, 2.24) is 5.43 Å². The van der Waals surface area contributed by atoms with Gasteiger partial charge in [-0.2, -0.15) is 0 Å². The Bertz CT molecular complexity index is 625. The maximum Gasteiger partial charge on any atom is 0.350 e. The van der Waals surface area contributed by atoms with Gasteiger partial charge in [0.1, 0.15) is 4.88 Å². The predicted octanol–water partition coefficient (Wildman–Crippen LogP) is 2.95. The zero-order chi connectivity index (χ0) is 14.5. The van der Waals surface area contributed by atoms with Crippen molar-refractivity contribution in [2.75, 3.05) is 12.5 Å². The third kappa shape index (κ3) is 3.28. The molecule has 0 atom stereocenters. The number of methoxy groups -OCH3 is 1. The fraction of sp³-hybridized carbons (Fsp3) is 0.0769. The molecule has 0 fully saturated rings. The number of nitrogens with one attached hydrogen (secondary N) is 2. The molecule has 0 bridgehead atoms. The van der Waals surface area contributed by atoms with E-state index in [2.05, 4.69) is 15.6 Å². The molecule has 104 valence electrons. The van der Waals surface area contributed by atoms with E-state index in [0.717, 1.165) is 0 Å². The first kappa shape index (κ1) is 14.4. The number of halogens is 1. The molecule has 1 aromatic heterocycles. The topological polar surface area (TPSA) is 67.4 Å². The first-order valence-electron chi connectivity index (χ1n) is 5.59. The van der Waals surface area contributed by atoms with E-state index in [-0.39, 0.29) is 5.91 Å². The molecule has 0 unspecified atom stereocenters. The molecule has 0 aliphatic carbocycles. The summed E-state index contributed by atoms with van der Waals surface area (Å²) in [6.45, 7) is 0. The van der Waals surface area contributed by atoms with Crippen LogP contribution in [0.1, 0.15) is 20.0 Å². The molecule has 2 aromatic rings. The molecule has 1 amide bonds. The Balaban J connectivity index is 2.02. The lowest BCUT2D eigenvalue weighted by molar-refractivity contribution is 0.0606. The van der Waals surface area contributed by atoms with Crippen LogP contribution in [-0.4, -0.2) is 19.0 Å². The van der Waals surface area contributed by atoms with Crippen LogP contribution < -0.4 is 10.9 Å². The Morgan fingerprint density at radius 2 is 1.90 bits per heavy atom. The van der Waals surface area contributed by atoms with E-state index >= 15 is 0 Å². The molecule has 2 rings (SSSR count). The first-order chi connectivity index (χ1) is 9.61. The second-order valence-corrected chi connectivity index (χ2v) is 5.09. The summed E-state index contributed by atoms with van der Waals surface area (Å²) in [5.74, 6) is -0.785. The number of hydrazine groups is 1. The maximum absolute atomic E-state index is 11.9. The number of rotatable bonds is 4. The third-order valence-corrected chi connectivity index (χ3v) is 3.60. The van der Waals surface area contributed by atoms with Crippen LogP contribution in [0.2, 0.25) is 5.02 Å². The van der Waals surface area contributed by atoms with E-state index in [1.165, 1.54) is 18.4 Å². The minimum atomic E-state index is -0.455. The van der Waals surface area contributed by atoms with Gasteiger partial charge in [0.05, 0.1) is 12.8 Å². The van der Waals surface area contributed by atoms with Gasteiger partial charge in [0.15, 0.2) is 0 Å². The van der Waals surface area contributed by atoms with Crippen molar-refractivity contribution < 1.29 is 14.3 Å². The standard InChI is InChI=1S/C13H11ClN2O3S/c1-19-13(18)11-10(6-7-20-11)15-16-12(17)8-2-4-9(14)5-3-8/h2-7,15H,1H3,(H,16,17). The van der Waals surface area contributed by atoms with Gasteiger partial charge in [0.25, 0.3) is 5.91 Å². The molecule has 1 aromatic carbocycles. The van der Waals surface area contributed by atoms with Gasteiger partial charge in [-0.05, 0) is 35.7 Å². The van der Waals surface area contributed by atoms with Crippen molar-refractivity contribution in [1.29, 1.82) is 0 Å². The van der Waals surface area contributed by atoms with E-state index < -0.39 is 5.97 Å². The van der Waals surface area contributed by atoms with Crippen LogP contribution in [0.3, 0.4) is 0 Å². The van der Waals surface area contributed by atoms with Gasteiger partial charge in [-0.3, -0.25) is 15.6 Å². The molecule has 0 spiro atoms. The van der Waals surface area contributed by atoms with Crippen LogP contribution in [0.4, 0.5) is 5.69 Å². The number of ether oxygens (including phenoxy) is 1. The number of amides is 1. The first-order valence-corrected chi connectivity index (χ1v) is 6.85. The van der Waals surface area contributed by atoms with Crippen molar-refractivity contribution >= 4 is 40.5 Å². The Labute approximate surface area is 124 Å². The summed E-state index contributed by atoms with van der Waals surface area (Å²) >= 11 is 6.97. The van der Waals surface area contributed by atoms with Gasteiger partial charge in [0.2, 0.25) is 0 Å². The molecule has 20 heavy (non-hydrogen) atoms. The summed E-state index contributed by atoms with van der Waals surface area (Å²) in [5.41, 5.74) is 6.15. The van der Waals surface area contributed by atoms with Crippen molar-refractivity contribution in [2.45, 2.75) is 0 Å². The molecular weight excluding hydrogens is 300 g/mol. The number of esters is 1. The van der Waals surface area contributed by atoms with Crippen LogP contribution in [0.5, 0.6) is 0 Å². The Morgan fingerprint density at radius 1 is 1.20 bits per heavy atom. The van der Waals surface area contributed by atoms with Gasteiger partial charge in [-0.15, -0.1) is 11.3 Å². The smallest absolute Gasteiger partial charge is 0.350 e. The number of carbonyl (C=O) groups excluding carboxylic acids is 2. The zero-order valence-electron chi connectivity index (χ0n) is 10.5. The van der Waals surface area contributed by atoms with Crippen molar-refractivity contribution in [2.24, 2.45) is 0 Å². The number of thiophene rings is 1. The Hall–Kier alpha value is -2.05. The van der Waals surface area contributed by atoms with Crippen LogP contribution in [0.15, 0.2) is 35.7 Å². The lowest BCUT2D eigenvalue weighted by Crippen LogP contribution is -2.29. The molecule has 0 aliphatic heterocycles. The summed E-state index contributed by atoms with van der Waals surface area (Å²) in [6, 6.07) is 8.14. The highest BCUT2D eigenvalue weighted by Crippen LogP contribution is 2.22. The third-order valence-electron chi connectivity index (χ3n) is 2.45. The lowest BCUT2D eigenvalue weighted by atomic mass is 10.2. The fourth-order valence-electron chi connectivity index (χ4n) is 1.46. The van der Waals surface area contributed by atoms with Crippen LogP contribution in [0, 0.1) is 0 Å². The summed E-state index contributed by atoms with van der Waals surface area (Å²) in [5, 5.41) is 2.28. The number of carbonyl (C=O) groups is 2. The highest BCUT2D eigenvalue weighted by atomic mass is 35.5. The average Bonchev–Trinajstić information content (AvgIpc) is 2.93. The largest absolute Gasteiger partial charge is 0.465 e. The van der Waals surface area contributed by atoms with Gasteiger partial charge in [-0.1, -0.05) is 11.6 Å². The van der Waals surface area contributed by atoms with E-state index in [4.69, 9.17) is 11.6 Å². The Kier molecular flexibility index (Phi) is 4.60. The zero-order valence-corrected chi connectivity index (χ0v) is 12.0. The molecule has 7 heteroatoms. The average molecular weight is 311 g/mol. The number of hydrogen-bond donors (Lipinski definition) is 2. The van der Waals surface area contributed by atoms with E-state index in [1.807, 2.05) is 0 Å².